The summed E-state index contributed by atoms with van der Waals surface area (Å²) in [7, 11) is 0. The molecule has 0 N–H and O–H groups in total. The zero-order chi connectivity index (χ0) is 9.86. The summed E-state index contributed by atoms with van der Waals surface area (Å²) in [4.78, 5) is 0. The molecule has 0 bridgehead atoms. The zero-order valence-corrected chi connectivity index (χ0v) is 8.96. The van der Waals surface area contributed by atoms with Gasteiger partial charge in [-0.1, -0.05) is 6.42 Å². The van der Waals surface area contributed by atoms with E-state index in [1.807, 2.05) is 6.92 Å². The average Bonchev–Trinajstić information content (AvgIpc) is 2.60. The van der Waals surface area contributed by atoms with E-state index in [1.165, 1.54) is 19.3 Å². The molecule has 1 heterocycles. The van der Waals surface area contributed by atoms with Crippen molar-refractivity contribution in [2.24, 2.45) is 0 Å². The molecule has 3 nitrogen and oxygen atoms in total. The summed E-state index contributed by atoms with van der Waals surface area (Å²) in [6, 6.07) is 0. The first-order valence-corrected chi connectivity index (χ1v) is 5.74. The predicted octanol–water partition coefficient (Wildman–Crippen LogP) is 2.10. The van der Waals surface area contributed by atoms with E-state index in [0.29, 0.717) is 13.2 Å². The molecule has 0 radical (unpaired) electrons. The number of ether oxygens (including phenoxy) is 3. The van der Waals surface area contributed by atoms with Crippen LogP contribution in [0.25, 0.3) is 0 Å². The highest BCUT2D eigenvalue weighted by Gasteiger charge is 2.42. The Balaban J connectivity index is 1.80. The Morgan fingerprint density at radius 2 is 2.07 bits per heavy atom. The molecular formula is C11H20O3. The molecule has 1 aliphatic heterocycles. The maximum atomic E-state index is 5.94. The zero-order valence-electron chi connectivity index (χ0n) is 8.96. The van der Waals surface area contributed by atoms with Crippen LogP contribution in [0.2, 0.25) is 0 Å². The number of rotatable bonds is 3. The van der Waals surface area contributed by atoms with Gasteiger partial charge in [0.05, 0.1) is 13.2 Å². The van der Waals surface area contributed by atoms with Crippen molar-refractivity contribution in [1.29, 1.82) is 0 Å². The van der Waals surface area contributed by atoms with Crippen molar-refractivity contribution in [1.82, 2.24) is 0 Å². The maximum absolute atomic E-state index is 5.94. The third kappa shape index (κ3) is 2.27. The van der Waals surface area contributed by atoms with Crippen LogP contribution in [0, 0.1) is 0 Å². The summed E-state index contributed by atoms with van der Waals surface area (Å²) < 4.78 is 17.1. The average molecular weight is 200 g/mol. The quantitative estimate of drug-likeness (QED) is 0.698. The third-order valence-corrected chi connectivity index (χ3v) is 3.04. The maximum Gasteiger partial charge on any atom is 0.169 e. The largest absolute Gasteiger partial charge is 0.379 e. The molecule has 2 fully saturated rings. The first-order chi connectivity index (χ1) is 6.85. The van der Waals surface area contributed by atoms with Gasteiger partial charge in [0.25, 0.3) is 0 Å². The number of hydrogen-bond donors (Lipinski definition) is 0. The standard InChI is InChI=1S/C11H20O3/c1-2-12-8-10-9-13-11(14-10)6-4-3-5-7-11/h10H,2-9H2,1H3/t10-/m1/s1. The lowest BCUT2D eigenvalue weighted by Gasteiger charge is -2.31. The lowest BCUT2D eigenvalue weighted by molar-refractivity contribution is -0.191. The molecule has 2 rings (SSSR count). The highest BCUT2D eigenvalue weighted by Crippen LogP contribution is 2.37. The summed E-state index contributed by atoms with van der Waals surface area (Å²) in [5, 5.41) is 0. The fraction of sp³-hybridized carbons (Fsp3) is 1.00. The summed E-state index contributed by atoms with van der Waals surface area (Å²) in [6.45, 7) is 4.15. The van der Waals surface area contributed by atoms with E-state index in [0.717, 1.165) is 19.4 Å². The highest BCUT2D eigenvalue weighted by molar-refractivity contribution is 4.82. The van der Waals surface area contributed by atoms with Gasteiger partial charge in [-0.05, 0) is 19.8 Å². The van der Waals surface area contributed by atoms with Gasteiger partial charge in [-0.25, -0.2) is 0 Å². The Morgan fingerprint density at radius 1 is 1.29 bits per heavy atom. The van der Waals surface area contributed by atoms with Gasteiger partial charge in [-0.15, -0.1) is 0 Å². The van der Waals surface area contributed by atoms with Gasteiger partial charge in [0.1, 0.15) is 6.10 Å². The second-order valence-corrected chi connectivity index (χ2v) is 4.18. The van der Waals surface area contributed by atoms with E-state index in [9.17, 15) is 0 Å². The minimum absolute atomic E-state index is 0.160. The monoisotopic (exact) mass is 200 g/mol. The Labute approximate surface area is 85.7 Å². The van der Waals surface area contributed by atoms with E-state index in [1.54, 1.807) is 0 Å². The molecule has 1 saturated carbocycles. The van der Waals surface area contributed by atoms with Crippen molar-refractivity contribution in [3.8, 4) is 0 Å². The molecule has 1 atom stereocenters. The van der Waals surface area contributed by atoms with Crippen LogP contribution in [0.4, 0.5) is 0 Å². The van der Waals surface area contributed by atoms with Crippen LogP contribution in [0.1, 0.15) is 39.0 Å². The molecule has 0 unspecified atom stereocenters. The topological polar surface area (TPSA) is 27.7 Å². The molecular weight excluding hydrogens is 180 g/mol. The molecule has 0 aromatic carbocycles. The van der Waals surface area contributed by atoms with Gasteiger partial charge in [0, 0.05) is 19.4 Å². The molecule has 1 aliphatic carbocycles. The molecule has 2 aliphatic rings. The lowest BCUT2D eigenvalue weighted by Crippen LogP contribution is -2.33. The van der Waals surface area contributed by atoms with Crippen LogP contribution < -0.4 is 0 Å². The minimum atomic E-state index is -0.236. The summed E-state index contributed by atoms with van der Waals surface area (Å²) in [5.74, 6) is -0.236. The van der Waals surface area contributed by atoms with Crippen molar-refractivity contribution < 1.29 is 14.2 Å². The third-order valence-electron chi connectivity index (χ3n) is 3.04. The SMILES string of the molecule is CCOC[C@@H]1COC2(CCCCC2)O1. The number of hydrogen-bond acceptors (Lipinski definition) is 3. The van der Waals surface area contributed by atoms with E-state index in [4.69, 9.17) is 14.2 Å². The van der Waals surface area contributed by atoms with Crippen LogP contribution in [0.5, 0.6) is 0 Å². The van der Waals surface area contributed by atoms with Gasteiger partial charge < -0.3 is 14.2 Å². The predicted molar refractivity (Wildman–Crippen MR) is 53.1 cm³/mol. The Kier molecular flexibility index (Phi) is 3.42. The summed E-state index contributed by atoms with van der Waals surface area (Å²) in [6.07, 6.45) is 6.09. The van der Waals surface area contributed by atoms with Gasteiger partial charge in [-0.3, -0.25) is 0 Å². The van der Waals surface area contributed by atoms with Gasteiger partial charge >= 0.3 is 0 Å². The van der Waals surface area contributed by atoms with Crippen LogP contribution >= 0.6 is 0 Å². The van der Waals surface area contributed by atoms with E-state index >= 15 is 0 Å². The van der Waals surface area contributed by atoms with Crippen molar-refractivity contribution >= 4 is 0 Å². The smallest absolute Gasteiger partial charge is 0.169 e. The summed E-state index contributed by atoms with van der Waals surface area (Å²) >= 11 is 0. The molecule has 82 valence electrons. The van der Waals surface area contributed by atoms with Crippen molar-refractivity contribution in [3.05, 3.63) is 0 Å². The van der Waals surface area contributed by atoms with Gasteiger partial charge in [-0.2, -0.15) is 0 Å². The van der Waals surface area contributed by atoms with Crippen molar-refractivity contribution in [2.75, 3.05) is 19.8 Å². The molecule has 3 heteroatoms. The Bertz CT molecular complexity index is 175. The van der Waals surface area contributed by atoms with Gasteiger partial charge in [0.15, 0.2) is 5.79 Å². The van der Waals surface area contributed by atoms with Gasteiger partial charge in [0.2, 0.25) is 0 Å². The minimum Gasteiger partial charge on any atom is -0.379 e. The van der Waals surface area contributed by atoms with Crippen LogP contribution in [-0.4, -0.2) is 31.7 Å². The Hall–Kier alpha value is -0.120. The lowest BCUT2D eigenvalue weighted by atomic mass is 9.94. The molecule has 0 aromatic heterocycles. The molecule has 0 amide bonds. The normalized spacial score (nSPS) is 31.1. The second-order valence-electron chi connectivity index (χ2n) is 4.18. The second kappa shape index (κ2) is 4.60. The fourth-order valence-corrected chi connectivity index (χ4v) is 2.30. The van der Waals surface area contributed by atoms with Crippen LogP contribution in [0.3, 0.4) is 0 Å². The fourth-order valence-electron chi connectivity index (χ4n) is 2.30. The van der Waals surface area contributed by atoms with Crippen LogP contribution in [0.15, 0.2) is 0 Å². The van der Waals surface area contributed by atoms with Crippen molar-refractivity contribution in [2.45, 2.75) is 50.9 Å². The van der Waals surface area contributed by atoms with Crippen LogP contribution in [-0.2, 0) is 14.2 Å². The van der Waals surface area contributed by atoms with E-state index in [-0.39, 0.29) is 11.9 Å². The summed E-state index contributed by atoms with van der Waals surface area (Å²) in [5.41, 5.74) is 0. The first-order valence-electron chi connectivity index (χ1n) is 5.74. The van der Waals surface area contributed by atoms with E-state index < -0.39 is 0 Å². The Morgan fingerprint density at radius 3 is 2.79 bits per heavy atom. The first kappa shape index (κ1) is 10.4. The molecule has 14 heavy (non-hydrogen) atoms. The highest BCUT2D eigenvalue weighted by atomic mass is 16.7. The molecule has 0 aromatic rings. The van der Waals surface area contributed by atoms with Crippen molar-refractivity contribution in [3.63, 3.8) is 0 Å². The molecule has 1 saturated heterocycles. The van der Waals surface area contributed by atoms with E-state index in [2.05, 4.69) is 0 Å². The molecule has 1 spiro atoms.